The van der Waals surface area contributed by atoms with Crippen LogP contribution in [0, 0.1) is 0 Å². The van der Waals surface area contributed by atoms with Gasteiger partial charge in [0.25, 0.3) is 0 Å². The molecule has 3 heteroatoms. The van der Waals surface area contributed by atoms with E-state index in [2.05, 4.69) is 13.2 Å². The molecule has 84 valence electrons. The zero-order valence-electron chi connectivity index (χ0n) is 9.37. The van der Waals surface area contributed by atoms with Gasteiger partial charge in [-0.2, -0.15) is 0 Å². The minimum absolute atomic E-state index is 0.142. The second-order valence-electron chi connectivity index (χ2n) is 3.94. The van der Waals surface area contributed by atoms with Crippen LogP contribution in [0.3, 0.4) is 0 Å². The van der Waals surface area contributed by atoms with Crippen molar-refractivity contribution in [3.63, 3.8) is 0 Å². The first-order chi connectivity index (χ1) is 7.20. The van der Waals surface area contributed by atoms with Crippen LogP contribution in [0.4, 0.5) is 4.79 Å². The van der Waals surface area contributed by atoms with Crippen molar-refractivity contribution in [2.24, 2.45) is 0 Å². The van der Waals surface area contributed by atoms with Crippen molar-refractivity contribution in [3.8, 4) is 0 Å². The van der Waals surface area contributed by atoms with Gasteiger partial charge in [0.1, 0.15) is 0 Å². The summed E-state index contributed by atoms with van der Waals surface area (Å²) in [6.45, 7) is 8.29. The molecule has 0 saturated carbocycles. The summed E-state index contributed by atoms with van der Waals surface area (Å²) in [7, 11) is 1.42. The zero-order valence-corrected chi connectivity index (χ0v) is 9.37. The van der Waals surface area contributed by atoms with Gasteiger partial charge in [-0.15, -0.1) is 13.2 Å². The number of methoxy groups -OCH3 is 1. The van der Waals surface area contributed by atoms with E-state index in [-0.39, 0.29) is 11.6 Å². The van der Waals surface area contributed by atoms with Crippen LogP contribution in [0.25, 0.3) is 0 Å². The Hall–Kier alpha value is -1.25. The van der Waals surface area contributed by atoms with Crippen LogP contribution in [0.2, 0.25) is 0 Å². The second kappa shape index (κ2) is 5.01. The summed E-state index contributed by atoms with van der Waals surface area (Å²) in [4.78, 5) is 13.4. The molecule has 0 atom stereocenters. The van der Waals surface area contributed by atoms with E-state index in [1.165, 1.54) is 7.11 Å². The Kier molecular flexibility index (Phi) is 3.95. The molecule has 1 aliphatic rings. The van der Waals surface area contributed by atoms with Crippen molar-refractivity contribution in [3.05, 3.63) is 25.3 Å². The minimum Gasteiger partial charge on any atom is -0.453 e. The van der Waals surface area contributed by atoms with E-state index in [1.807, 2.05) is 17.1 Å². The predicted molar refractivity (Wildman–Crippen MR) is 60.7 cm³/mol. The molecule has 1 saturated heterocycles. The van der Waals surface area contributed by atoms with Gasteiger partial charge in [-0.3, -0.25) is 0 Å². The molecule has 0 aromatic heterocycles. The molecular formula is C12H19NO2. The van der Waals surface area contributed by atoms with Crippen LogP contribution in [-0.2, 0) is 4.74 Å². The molecule has 0 aromatic rings. The van der Waals surface area contributed by atoms with E-state index >= 15 is 0 Å². The molecule has 15 heavy (non-hydrogen) atoms. The molecule has 1 aliphatic heterocycles. The van der Waals surface area contributed by atoms with Crippen molar-refractivity contribution in [2.45, 2.75) is 31.2 Å². The molecule has 1 heterocycles. The van der Waals surface area contributed by atoms with Gasteiger partial charge in [-0.1, -0.05) is 12.2 Å². The molecule has 3 nitrogen and oxygen atoms in total. The molecule has 1 fully saturated rings. The molecule has 0 unspecified atom stereocenters. The highest BCUT2D eigenvalue weighted by molar-refractivity contribution is 5.69. The van der Waals surface area contributed by atoms with Gasteiger partial charge in [0, 0.05) is 6.54 Å². The Bertz CT molecular complexity index is 250. The fourth-order valence-corrected chi connectivity index (χ4v) is 2.38. The van der Waals surface area contributed by atoms with Gasteiger partial charge in [0.2, 0.25) is 0 Å². The lowest BCUT2D eigenvalue weighted by Gasteiger charge is -2.36. The minimum atomic E-state index is -0.240. The first-order valence-electron chi connectivity index (χ1n) is 5.27. The van der Waals surface area contributed by atoms with Crippen LogP contribution in [0.5, 0.6) is 0 Å². The molecular weight excluding hydrogens is 190 g/mol. The SMILES string of the molecule is C=CCC1(CC=C)CCCN1C(=O)OC. The number of rotatable bonds is 4. The summed E-state index contributed by atoms with van der Waals surface area (Å²) >= 11 is 0. The number of nitrogens with zero attached hydrogens (tertiary/aromatic N) is 1. The summed E-state index contributed by atoms with van der Waals surface area (Å²) in [5.41, 5.74) is -0.142. The van der Waals surface area contributed by atoms with Gasteiger partial charge < -0.3 is 9.64 Å². The van der Waals surface area contributed by atoms with Gasteiger partial charge in [-0.25, -0.2) is 4.79 Å². The third-order valence-electron chi connectivity index (χ3n) is 3.04. The fourth-order valence-electron chi connectivity index (χ4n) is 2.38. The summed E-state index contributed by atoms with van der Waals surface area (Å²) in [6, 6.07) is 0. The van der Waals surface area contributed by atoms with Gasteiger partial charge in [0.05, 0.1) is 12.6 Å². The maximum atomic E-state index is 11.6. The number of amides is 1. The summed E-state index contributed by atoms with van der Waals surface area (Å²) in [5, 5.41) is 0. The van der Waals surface area contributed by atoms with E-state index in [4.69, 9.17) is 4.74 Å². The first kappa shape index (κ1) is 11.8. The molecule has 1 amide bonds. The number of likely N-dealkylation sites (tertiary alicyclic amines) is 1. The Morgan fingerprint density at radius 2 is 2.07 bits per heavy atom. The Balaban J connectivity index is 2.87. The number of carbonyl (C=O) groups excluding carboxylic acids is 1. The topological polar surface area (TPSA) is 29.5 Å². The normalized spacial score (nSPS) is 18.6. The van der Waals surface area contributed by atoms with Gasteiger partial charge in [0.15, 0.2) is 0 Å². The molecule has 1 rings (SSSR count). The average molecular weight is 209 g/mol. The Labute approximate surface area is 91.4 Å². The summed E-state index contributed by atoms with van der Waals surface area (Å²) < 4.78 is 4.80. The highest BCUT2D eigenvalue weighted by Crippen LogP contribution is 2.36. The largest absolute Gasteiger partial charge is 0.453 e. The second-order valence-corrected chi connectivity index (χ2v) is 3.94. The quantitative estimate of drug-likeness (QED) is 0.666. The highest BCUT2D eigenvalue weighted by atomic mass is 16.5. The fraction of sp³-hybridized carbons (Fsp3) is 0.583. The standard InChI is InChI=1S/C12H19NO2/c1-4-7-12(8-5-2)9-6-10-13(12)11(14)15-3/h4-5H,1-2,6-10H2,3H3. The van der Waals surface area contributed by atoms with E-state index in [9.17, 15) is 4.79 Å². The smallest absolute Gasteiger partial charge is 0.409 e. The van der Waals surface area contributed by atoms with E-state index < -0.39 is 0 Å². The summed E-state index contributed by atoms with van der Waals surface area (Å²) in [6.07, 6.45) is 7.12. The van der Waals surface area contributed by atoms with Crippen molar-refractivity contribution < 1.29 is 9.53 Å². The van der Waals surface area contributed by atoms with E-state index in [0.717, 1.165) is 32.2 Å². The zero-order chi connectivity index (χ0) is 11.3. The van der Waals surface area contributed by atoms with Crippen LogP contribution < -0.4 is 0 Å². The monoisotopic (exact) mass is 209 g/mol. The number of hydrogen-bond donors (Lipinski definition) is 0. The van der Waals surface area contributed by atoms with Crippen LogP contribution in [-0.4, -0.2) is 30.2 Å². The third kappa shape index (κ3) is 2.22. The van der Waals surface area contributed by atoms with Crippen molar-refractivity contribution in [2.75, 3.05) is 13.7 Å². The average Bonchev–Trinajstić information content (AvgIpc) is 2.62. The van der Waals surface area contributed by atoms with E-state index in [0.29, 0.717) is 0 Å². The van der Waals surface area contributed by atoms with E-state index in [1.54, 1.807) is 0 Å². The lowest BCUT2D eigenvalue weighted by molar-refractivity contribution is 0.0871. The van der Waals surface area contributed by atoms with Gasteiger partial charge in [-0.05, 0) is 25.7 Å². The molecule has 0 bridgehead atoms. The Morgan fingerprint density at radius 3 is 2.53 bits per heavy atom. The molecule has 0 radical (unpaired) electrons. The third-order valence-corrected chi connectivity index (χ3v) is 3.04. The molecule has 0 aliphatic carbocycles. The maximum absolute atomic E-state index is 11.6. The molecule has 0 aromatic carbocycles. The predicted octanol–water partition coefficient (Wildman–Crippen LogP) is 2.74. The van der Waals surface area contributed by atoms with Crippen LogP contribution >= 0.6 is 0 Å². The number of ether oxygens (including phenoxy) is 1. The highest BCUT2D eigenvalue weighted by Gasteiger charge is 2.42. The molecule has 0 spiro atoms. The summed E-state index contributed by atoms with van der Waals surface area (Å²) in [5.74, 6) is 0. The van der Waals surface area contributed by atoms with Gasteiger partial charge >= 0.3 is 6.09 Å². The van der Waals surface area contributed by atoms with Crippen molar-refractivity contribution >= 4 is 6.09 Å². The lowest BCUT2D eigenvalue weighted by Crippen LogP contribution is -2.46. The van der Waals surface area contributed by atoms with Crippen LogP contribution in [0.1, 0.15) is 25.7 Å². The first-order valence-corrected chi connectivity index (χ1v) is 5.27. The molecule has 0 N–H and O–H groups in total. The number of carbonyl (C=O) groups is 1. The van der Waals surface area contributed by atoms with Crippen molar-refractivity contribution in [1.82, 2.24) is 4.90 Å². The Morgan fingerprint density at radius 1 is 1.47 bits per heavy atom. The lowest BCUT2D eigenvalue weighted by atomic mass is 9.88. The van der Waals surface area contributed by atoms with Crippen LogP contribution in [0.15, 0.2) is 25.3 Å². The number of hydrogen-bond acceptors (Lipinski definition) is 2. The van der Waals surface area contributed by atoms with Crippen molar-refractivity contribution in [1.29, 1.82) is 0 Å². The maximum Gasteiger partial charge on any atom is 0.409 e.